The van der Waals surface area contributed by atoms with Crippen LogP contribution in [0.3, 0.4) is 0 Å². The first-order chi connectivity index (χ1) is 13.6. The Balaban J connectivity index is 1.48. The third-order valence-electron chi connectivity index (χ3n) is 4.69. The quantitative estimate of drug-likeness (QED) is 0.637. The summed E-state index contributed by atoms with van der Waals surface area (Å²) in [6.45, 7) is 2.04. The molecule has 2 aromatic heterocycles. The number of hydrogen-bond acceptors (Lipinski definition) is 7. The van der Waals surface area contributed by atoms with Gasteiger partial charge in [-0.1, -0.05) is 6.07 Å². The van der Waals surface area contributed by atoms with Gasteiger partial charge < -0.3 is 9.64 Å². The van der Waals surface area contributed by atoms with Gasteiger partial charge in [0.25, 0.3) is 10.0 Å². The second-order valence-corrected chi connectivity index (χ2v) is 9.43. The average molecular weight is 417 g/mol. The van der Waals surface area contributed by atoms with Gasteiger partial charge in [0, 0.05) is 37.8 Å². The van der Waals surface area contributed by atoms with Crippen LogP contribution in [-0.4, -0.2) is 56.0 Å². The zero-order chi connectivity index (χ0) is 19.6. The van der Waals surface area contributed by atoms with Crippen LogP contribution in [0.2, 0.25) is 0 Å². The molecule has 1 aliphatic rings. The number of anilines is 1. The van der Waals surface area contributed by atoms with E-state index in [-0.39, 0.29) is 0 Å². The Morgan fingerprint density at radius 2 is 1.79 bits per heavy atom. The van der Waals surface area contributed by atoms with Crippen molar-refractivity contribution in [2.24, 2.45) is 0 Å². The second kappa shape index (κ2) is 7.86. The topological polar surface area (TPSA) is 75.6 Å². The van der Waals surface area contributed by atoms with Crippen LogP contribution < -0.4 is 9.64 Å². The molecule has 28 heavy (non-hydrogen) atoms. The van der Waals surface area contributed by atoms with E-state index in [1.54, 1.807) is 35.3 Å². The molecule has 9 heteroatoms. The summed E-state index contributed by atoms with van der Waals surface area (Å²) in [4.78, 5) is 10.8. The van der Waals surface area contributed by atoms with Gasteiger partial charge in [-0.3, -0.25) is 0 Å². The minimum Gasteiger partial charge on any atom is -0.497 e. The largest absolute Gasteiger partial charge is 0.497 e. The summed E-state index contributed by atoms with van der Waals surface area (Å²) in [6.07, 6.45) is 1.55. The van der Waals surface area contributed by atoms with Crippen molar-refractivity contribution in [3.63, 3.8) is 0 Å². The molecule has 0 amide bonds. The van der Waals surface area contributed by atoms with Crippen LogP contribution in [0.25, 0.3) is 11.3 Å². The molecule has 146 valence electrons. The number of hydrogen-bond donors (Lipinski definition) is 0. The highest BCUT2D eigenvalue weighted by molar-refractivity contribution is 7.91. The van der Waals surface area contributed by atoms with E-state index in [0.717, 1.165) is 22.8 Å². The molecule has 7 nitrogen and oxygen atoms in total. The summed E-state index contributed by atoms with van der Waals surface area (Å²) in [5.41, 5.74) is 1.80. The number of thiophene rings is 1. The van der Waals surface area contributed by atoms with Crippen molar-refractivity contribution >= 4 is 27.2 Å². The van der Waals surface area contributed by atoms with Crippen molar-refractivity contribution < 1.29 is 13.2 Å². The third-order valence-corrected chi connectivity index (χ3v) is 7.96. The van der Waals surface area contributed by atoms with Gasteiger partial charge in [-0.15, -0.1) is 11.3 Å². The Morgan fingerprint density at radius 1 is 1.04 bits per heavy atom. The molecule has 3 aromatic rings. The van der Waals surface area contributed by atoms with Crippen molar-refractivity contribution in [3.05, 3.63) is 54.2 Å². The summed E-state index contributed by atoms with van der Waals surface area (Å²) < 4.78 is 32.5. The lowest BCUT2D eigenvalue weighted by molar-refractivity contribution is 0.384. The van der Waals surface area contributed by atoms with Crippen LogP contribution in [0, 0.1) is 0 Å². The van der Waals surface area contributed by atoms with Gasteiger partial charge in [-0.25, -0.2) is 18.4 Å². The van der Waals surface area contributed by atoms with E-state index in [1.165, 1.54) is 11.3 Å². The molecule has 1 saturated heterocycles. The molecular weight excluding hydrogens is 396 g/mol. The zero-order valence-corrected chi connectivity index (χ0v) is 17.0. The van der Waals surface area contributed by atoms with Crippen LogP contribution in [0.4, 0.5) is 5.82 Å². The molecule has 0 spiro atoms. The minimum atomic E-state index is -3.40. The molecule has 1 aliphatic heterocycles. The Labute approximate surface area is 168 Å². The summed E-state index contributed by atoms with van der Waals surface area (Å²) in [5.74, 6) is 1.59. The van der Waals surface area contributed by atoms with Gasteiger partial charge in [-0.05, 0) is 35.7 Å². The van der Waals surface area contributed by atoms with Crippen LogP contribution in [-0.2, 0) is 10.0 Å². The molecule has 3 heterocycles. The van der Waals surface area contributed by atoms with E-state index < -0.39 is 10.0 Å². The fraction of sp³-hybridized carbons (Fsp3) is 0.263. The van der Waals surface area contributed by atoms with E-state index in [9.17, 15) is 8.42 Å². The molecule has 0 saturated carbocycles. The Hall–Kier alpha value is -2.49. The number of sulfonamides is 1. The highest BCUT2D eigenvalue weighted by Gasteiger charge is 2.29. The lowest BCUT2D eigenvalue weighted by atomic mass is 10.1. The number of piperazine rings is 1. The Bertz CT molecular complexity index is 1030. The van der Waals surface area contributed by atoms with Crippen LogP contribution in [0.15, 0.2) is 58.4 Å². The molecule has 1 aromatic carbocycles. The fourth-order valence-corrected chi connectivity index (χ4v) is 5.70. The van der Waals surface area contributed by atoms with Gasteiger partial charge in [0.1, 0.15) is 22.1 Å². The maximum atomic E-state index is 12.7. The monoisotopic (exact) mass is 416 g/mol. The van der Waals surface area contributed by atoms with Gasteiger partial charge in [0.05, 0.1) is 12.8 Å². The van der Waals surface area contributed by atoms with Crippen molar-refractivity contribution in [2.45, 2.75) is 4.21 Å². The standard InChI is InChI=1S/C19H20N4O3S2/c1-26-16-6-4-15(5-7-16)17-13-18(21-14-20-17)22-8-10-23(11-9-22)28(24,25)19-3-2-12-27-19/h2-7,12-14H,8-11H2,1H3. The zero-order valence-electron chi connectivity index (χ0n) is 15.4. The van der Waals surface area contributed by atoms with Crippen LogP contribution in [0.1, 0.15) is 0 Å². The third kappa shape index (κ3) is 3.73. The molecule has 0 unspecified atom stereocenters. The maximum absolute atomic E-state index is 12.7. The van der Waals surface area contributed by atoms with Gasteiger partial charge in [0.15, 0.2) is 0 Å². The lowest BCUT2D eigenvalue weighted by Crippen LogP contribution is -2.48. The van der Waals surface area contributed by atoms with E-state index >= 15 is 0 Å². The molecule has 1 fully saturated rings. The minimum absolute atomic E-state index is 0.393. The first kappa shape index (κ1) is 18.9. The predicted molar refractivity (Wildman–Crippen MR) is 109 cm³/mol. The number of methoxy groups -OCH3 is 1. The van der Waals surface area contributed by atoms with Crippen molar-refractivity contribution in [1.29, 1.82) is 0 Å². The Morgan fingerprint density at radius 3 is 2.43 bits per heavy atom. The number of ether oxygens (including phenoxy) is 1. The first-order valence-corrected chi connectivity index (χ1v) is 11.1. The van der Waals surface area contributed by atoms with Crippen molar-refractivity contribution in [2.75, 3.05) is 38.2 Å². The van der Waals surface area contributed by atoms with Gasteiger partial charge in [-0.2, -0.15) is 4.31 Å². The second-order valence-electron chi connectivity index (χ2n) is 6.31. The SMILES string of the molecule is COc1ccc(-c2cc(N3CCN(S(=O)(=O)c4cccs4)CC3)ncn2)cc1. The molecule has 0 aliphatic carbocycles. The summed E-state index contributed by atoms with van der Waals surface area (Å²) >= 11 is 1.25. The lowest BCUT2D eigenvalue weighted by Gasteiger charge is -2.34. The predicted octanol–water partition coefficient (Wildman–Crippen LogP) is 2.72. The molecule has 0 atom stereocenters. The van der Waals surface area contributed by atoms with Gasteiger partial charge in [0.2, 0.25) is 0 Å². The van der Waals surface area contributed by atoms with E-state index in [4.69, 9.17) is 4.74 Å². The molecule has 4 rings (SSSR count). The van der Waals surface area contributed by atoms with Crippen molar-refractivity contribution in [3.8, 4) is 17.0 Å². The van der Waals surface area contributed by atoms with E-state index in [0.29, 0.717) is 30.4 Å². The van der Waals surface area contributed by atoms with E-state index in [2.05, 4.69) is 14.9 Å². The van der Waals surface area contributed by atoms with Crippen molar-refractivity contribution in [1.82, 2.24) is 14.3 Å². The number of aromatic nitrogens is 2. The first-order valence-electron chi connectivity index (χ1n) is 8.83. The van der Waals surface area contributed by atoms with Crippen LogP contribution in [0.5, 0.6) is 5.75 Å². The molecular formula is C19H20N4O3S2. The molecule has 0 bridgehead atoms. The smallest absolute Gasteiger partial charge is 0.252 e. The highest BCUT2D eigenvalue weighted by Crippen LogP contribution is 2.26. The van der Waals surface area contributed by atoms with Gasteiger partial charge >= 0.3 is 0 Å². The summed E-state index contributed by atoms with van der Waals surface area (Å²) in [7, 11) is -1.77. The number of nitrogens with zero attached hydrogens (tertiary/aromatic N) is 4. The summed E-state index contributed by atoms with van der Waals surface area (Å²) in [6, 6.07) is 13.0. The normalized spacial score (nSPS) is 15.5. The molecule has 0 radical (unpaired) electrons. The molecule has 0 N–H and O–H groups in total. The highest BCUT2D eigenvalue weighted by atomic mass is 32.2. The number of benzene rings is 1. The Kier molecular flexibility index (Phi) is 5.29. The van der Waals surface area contributed by atoms with Crippen LogP contribution >= 0.6 is 11.3 Å². The fourth-order valence-electron chi connectivity index (χ4n) is 3.13. The average Bonchev–Trinajstić information content (AvgIpc) is 3.30. The summed E-state index contributed by atoms with van der Waals surface area (Å²) in [5, 5.41) is 1.78. The van der Waals surface area contributed by atoms with E-state index in [1.807, 2.05) is 30.3 Å². The maximum Gasteiger partial charge on any atom is 0.252 e. The number of rotatable bonds is 5.